The first-order valence-electron chi connectivity index (χ1n) is 6.96. The number of hydrogen-bond donors (Lipinski definition) is 1. The summed E-state index contributed by atoms with van der Waals surface area (Å²) in [6.45, 7) is 4.49. The second-order valence-electron chi connectivity index (χ2n) is 5.81. The van der Waals surface area contributed by atoms with Gasteiger partial charge in [0.15, 0.2) is 0 Å². The number of ether oxygens (including phenoxy) is 1. The molecule has 102 valence electrons. The molecule has 3 heteroatoms. The van der Waals surface area contributed by atoms with Crippen LogP contribution in [0.4, 0.5) is 0 Å². The van der Waals surface area contributed by atoms with Crippen LogP contribution in [0.5, 0.6) is 0 Å². The van der Waals surface area contributed by atoms with Gasteiger partial charge in [-0.3, -0.25) is 0 Å². The lowest BCUT2D eigenvalue weighted by molar-refractivity contribution is -0.0764. The topological polar surface area (TPSA) is 32.7 Å². The highest BCUT2D eigenvalue weighted by Crippen LogP contribution is 2.34. The van der Waals surface area contributed by atoms with E-state index >= 15 is 0 Å². The fourth-order valence-corrected chi connectivity index (χ4v) is 2.86. The molecule has 1 N–H and O–H groups in total. The summed E-state index contributed by atoms with van der Waals surface area (Å²) in [4.78, 5) is 2.21. The molecule has 0 aliphatic heterocycles. The van der Waals surface area contributed by atoms with E-state index in [0.29, 0.717) is 6.61 Å². The van der Waals surface area contributed by atoms with Gasteiger partial charge >= 0.3 is 0 Å². The van der Waals surface area contributed by atoms with Gasteiger partial charge in [0, 0.05) is 5.54 Å². The van der Waals surface area contributed by atoms with Crippen LogP contribution in [0.3, 0.4) is 0 Å². The Labute approximate surface area is 106 Å². The predicted octanol–water partition coefficient (Wildman–Crippen LogP) is 2.43. The highest BCUT2D eigenvalue weighted by molar-refractivity contribution is 4.95. The van der Waals surface area contributed by atoms with Crippen LogP contribution in [0.2, 0.25) is 0 Å². The molecule has 0 aromatic rings. The van der Waals surface area contributed by atoms with Gasteiger partial charge in [0.2, 0.25) is 0 Å². The maximum absolute atomic E-state index is 10.5. The summed E-state index contributed by atoms with van der Waals surface area (Å²) in [6.07, 6.45) is 7.02. The third-order valence-corrected chi connectivity index (χ3v) is 4.07. The Morgan fingerprint density at radius 1 is 1.12 bits per heavy atom. The minimum absolute atomic E-state index is 0.0780. The van der Waals surface area contributed by atoms with Gasteiger partial charge < -0.3 is 14.7 Å². The molecule has 0 radical (unpaired) electrons. The van der Waals surface area contributed by atoms with Crippen molar-refractivity contribution in [2.45, 2.75) is 70.1 Å². The number of aliphatic hydroxyl groups is 1. The van der Waals surface area contributed by atoms with Crippen LogP contribution < -0.4 is 0 Å². The average molecular weight is 243 g/mol. The monoisotopic (exact) mass is 243 g/mol. The van der Waals surface area contributed by atoms with Gasteiger partial charge in [0.25, 0.3) is 0 Å². The molecule has 0 aromatic heterocycles. The first-order valence-corrected chi connectivity index (χ1v) is 6.96. The first-order chi connectivity index (χ1) is 7.99. The SMILES string of the molecule is CC(C)OCC(O)C1(N(C)C)CCCCCC1. The standard InChI is InChI=1S/C14H29NO2/c1-12(2)17-11-13(16)14(15(3)4)9-7-5-6-8-10-14/h12-13,16H,5-11H2,1-4H3. The molecule has 1 saturated carbocycles. The molecular formula is C14H29NO2. The average Bonchev–Trinajstić information content (AvgIpc) is 2.51. The lowest BCUT2D eigenvalue weighted by Crippen LogP contribution is -2.55. The molecule has 17 heavy (non-hydrogen) atoms. The molecule has 0 saturated heterocycles. The summed E-state index contributed by atoms with van der Waals surface area (Å²) in [5.74, 6) is 0. The molecular weight excluding hydrogens is 214 g/mol. The lowest BCUT2D eigenvalue weighted by Gasteiger charge is -2.43. The van der Waals surface area contributed by atoms with Gasteiger partial charge in [-0.1, -0.05) is 25.7 Å². The van der Waals surface area contributed by atoms with Crippen LogP contribution in [0.1, 0.15) is 52.4 Å². The van der Waals surface area contributed by atoms with Crippen molar-refractivity contribution in [1.29, 1.82) is 0 Å². The van der Waals surface area contributed by atoms with Crippen LogP contribution in [0.25, 0.3) is 0 Å². The van der Waals surface area contributed by atoms with Gasteiger partial charge in [0.1, 0.15) is 0 Å². The maximum Gasteiger partial charge on any atom is 0.0956 e. The molecule has 1 atom stereocenters. The van der Waals surface area contributed by atoms with Crippen LogP contribution in [0, 0.1) is 0 Å². The molecule has 0 heterocycles. The van der Waals surface area contributed by atoms with E-state index in [0.717, 1.165) is 12.8 Å². The highest BCUT2D eigenvalue weighted by Gasteiger charge is 2.40. The molecule has 3 nitrogen and oxygen atoms in total. The molecule has 1 fully saturated rings. The molecule has 1 aliphatic carbocycles. The van der Waals surface area contributed by atoms with E-state index in [1.807, 2.05) is 13.8 Å². The van der Waals surface area contributed by atoms with E-state index in [1.54, 1.807) is 0 Å². The summed E-state index contributed by atoms with van der Waals surface area (Å²) in [6, 6.07) is 0. The fraction of sp³-hybridized carbons (Fsp3) is 1.00. The summed E-state index contributed by atoms with van der Waals surface area (Å²) in [5, 5.41) is 10.5. The zero-order valence-electron chi connectivity index (χ0n) is 11.9. The van der Waals surface area contributed by atoms with Crippen molar-refractivity contribution in [1.82, 2.24) is 4.90 Å². The van der Waals surface area contributed by atoms with Gasteiger partial charge in [-0.2, -0.15) is 0 Å². The van der Waals surface area contributed by atoms with Crippen molar-refractivity contribution < 1.29 is 9.84 Å². The summed E-state index contributed by atoms with van der Waals surface area (Å²) < 4.78 is 5.60. The third kappa shape index (κ3) is 3.94. The van der Waals surface area contributed by atoms with E-state index in [4.69, 9.17) is 4.74 Å². The zero-order chi connectivity index (χ0) is 12.9. The Kier molecular flexibility index (Phi) is 5.90. The smallest absolute Gasteiger partial charge is 0.0956 e. The van der Waals surface area contributed by atoms with Crippen molar-refractivity contribution in [3.8, 4) is 0 Å². The Morgan fingerprint density at radius 2 is 1.65 bits per heavy atom. The van der Waals surface area contributed by atoms with Crippen LogP contribution in [-0.2, 0) is 4.74 Å². The zero-order valence-corrected chi connectivity index (χ0v) is 11.9. The Balaban J connectivity index is 2.67. The summed E-state index contributed by atoms with van der Waals surface area (Å²) in [5.41, 5.74) is -0.0780. The maximum atomic E-state index is 10.5. The van der Waals surface area contributed by atoms with Crippen molar-refractivity contribution in [2.75, 3.05) is 20.7 Å². The largest absolute Gasteiger partial charge is 0.389 e. The van der Waals surface area contributed by atoms with Gasteiger partial charge in [0.05, 0.1) is 18.8 Å². The van der Waals surface area contributed by atoms with Crippen molar-refractivity contribution in [3.05, 3.63) is 0 Å². The van der Waals surface area contributed by atoms with E-state index in [1.165, 1.54) is 25.7 Å². The number of hydrogen-bond acceptors (Lipinski definition) is 3. The Morgan fingerprint density at radius 3 is 2.06 bits per heavy atom. The quantitative estimate of drug-likeness (QED) is 0.753. The van der Waals surface area contributed by atoms with Crippen LogP contribution in [-0.4, -0.2) is 48.5 Å². The van der Waals surface area contributed by atoms with E-state index in [-0.39, 0.29) is 17.7 Å². The minimum atomic E-state index is -0.377. The highest BCUT2D eigenvalue weighted by atomic mass is 16.5. The molecule has 1 rings (SSSR count). The number of nitrogens with zero attached hydrogens (tertiary/aromatic N) is 1. The molecule has 1 unspecified atom stereocenters. The van der Waals surface area contributed by atoms with E-state index in [9.17, 15) is 5.11 Å². The van der Waals surface area contributed by atoms with Crippen molar-refractivity contribution >= 4 is 0 Å². The predicted molar refractivity (Wildman–Crippen MR) is 71.2 cm³/mol. The first kappa shape index (κ1) is 14.9. The fourth-order valence-electron chi connectivity index (χ4n) is 2.86. The van der Waals surface area contributed by atoms with Crippen molar-refractivity contribution in [2.24, 2.45) is 0 Å². The van der Waals surface area contributed by atoms with Gasteiger partial charge in [-0.15, -0.1) is 0 Å². The van der Waals surface area contributed by atoms with Crippen molar-refractivity contribution in [3.63, 3.8) is 0 Å². The van der Waals surface area contributed by atoms with E-state index < -0.39 is 0 Å². The van der Waals surface area contributed by atoms with Crippen LogP contribution >= 0.6 is 0 Å². The molecule has 0 aromatic carbocycles. The molecule has 0 amide bonds. The molecule has 0 spiro atoms. The number of rotatable bonds is 5. The third-order valence-electron chi connectivity index (χ3n) is 4.07. The Hall–Kier alpha value is -0.120. The second kappa shape index (κ2) is 6.72. The molecule has 0 bridgehead atoms. The molecule has 1 aliphatic rings. The normalized spacial score (nSPS) is 22.8. The number of likely N-dealkylation sites (N-methyl/N-ethyl adjacent to an activating group) is 1. The van der Waals surface area contributed by atoms with Crippen LogP contribution in [0.15, 0.2) is 0 Å². The minimum Gasteiger partial charge on any atom is -0.389 e. The van der Waals surface area contributed by atoms with Gasteiger partial charge in [-0.25, -0.2) is 0 Å². The lowest BCUT2D eigenvalue weighted by atomic mass is 9.83. The summed E-state index contributed by atoms with van der Waals surface area (Å²) >= 11 is 0. The van der Waals surface area contributed by atoms with E-state index in [2.05, 4.69) is 19.0 Å². The summed E-state index contributed by atoms with van der Waals surface area (Å²) in [7, 11) is 4.17. The Bertz CT molecular complexity index is 208. The van der Waals surface area contributed by atoms with Gasteiger partial charge in [-0.05, 0) is 40.8 Å². The second-order valence-corrected chi connectivity index (χ2v) is 5.81. The number of aliphatic hydroxyl groups excluding tert-OH is 1.